The van der Waals surface area contributed by atoms with E-state index in [1.807, 2.05) is 12.1 Å². The Bertz CT molecular complexity index is 1060. The molecule has 0 unspecified atom stereocenters. The average Bonchev–Trinajstić information content (AvgIpc) is 2.78. The highest BCUT2D eigenvalue weighted by Gasteiger charge is 2.27. The van der Waals surface area contributed by atoms with Gasteiger partial charge in [0.1, 0.15) is 5.75 Å². The monoisotopic (exact) mass is 550 g/mol. The second kappa shape index (κ2) is 12.0. The summed E-state index contributed by atoms with van der Waals surface area (Å²) in [4.78, 5) is 25.2. The molecule has 2 rings (SSSR count). The van der Waals surface area contributed by atoms with Gasteiger partial charge in [0.15, 0.2) is 0 Å². The molecule has 0 saturated heterocycles. The Kier molecular flexibility index (Phi) is 9.99. The molecule has 0 heterocycles. The maximum absolute atomic E-state index is 12.6. The van der Waals surface area contributed by atoms with E-state index in [-0.39, 0.29) is 39.9 Å². The topological polar surface area (TPSA) is 78.4 Å². The van der Waals surface area contributed by atoms with Crippen LogP contribution in [0.1, 0.15) is 135 Å². The van der Waals surface area contributed by atoms with E-state index < -0.39 is 0 Å². The van der Waals surface area contributed by atoms with Crippen molar-refractivity contribution < 1.29 is 14.7 Å². The molecule has 2 aromatic rings. The van der Waals surface area contributed by atoms with Crippen LogP contribution in [0.3, 0.4) is 0 Å². The van der Waals surface area contributed by atoms with Crippen molar-refractivity contribution in [3.05, 3.63) is 63.2 Å². The normalized spacial score (nSPS) is 12.8. The minimum absolute atomic E-state index is 0.00904. The first kappa shape index (κ1) is 33.4. The summed E-state index contributed by atoms with van der Waals surface area (Å²) < 4.78 is 0. The lowest BCUT2D eigenvalue weighted by atomic mass is 9.75. The van der Waals surface area contributed by atoms with Crippen LogP contribution in [-0.2, 0) is 44.1 Å². The Morgan fingerprint density at radius 2 is 0.850 bits per heavy atom. The SMILES string of the molecule is Cc1c(C(C)(C)C)cc(CCC(=O)NNC(=O)CCc2cc(C(C)(C)C)c(O)c(C(C)(C)C)c2)cc1C(C)(C)C. The van der Waals surface area contributed by atoms with Crippen LogP contribution >= 0.6 is 0 Å². The molecule has 0 saturated carbocycles. The predicted molar refractivity (Wildman–Crippen MR) is 167 cm³/mol. The molecule has 0 aliphatic heterocycles. The van der Waals surface area contributed by atoms with Gasteiger partial charge in [-0.1, -0.05) is 107 Å². The molecule has 0 aliphatic rings. The number of hydrogen-bond acceptors (Lipinski definition) is 3. The number of rotatable bonds is 6. The summed E-state index contributed by atoms with van der Waals surface area (Å²) >= 11 is 0. The van der Waals surface area contributed by atoms with Crippen molar-refractivity contribution >= 4 is 11.8 Å². The first-order chi connectivity index (χ1) is 18.0. The highest BCUT2D eigenvalue weighted by atomic mass is 16.3. The Balaban J connectivity index is 2.04. The van der Waals surface area contributed by atoms with Gasteiger partial charge < -0.3 is 5.11 Å². The van der Waals surface area contributed by atoms with Gasteiger partial charge in [-0.25, -0.2) is 0 Å². The number of phenolic OH excluding ortho intramolecular Hbond substituents is 1. The number of carbonyl (C=O) groups excluding carboxylic acids is 2. The maximum atomic E-state index is 12.6. The highest BCUT2D eigenvalue weighted by molar-refractivity contribution is 5.82. The van der Waals surface area contributed by atoms with Gasteiger partial charge in [-0.3, -0.25) is 20.4 Å². The van der Waals surface area contributed by atoms with Crippen molar-refractivity contribution in [2.45, 2.75) is 137 Å². The zero-order valence-corrected chi connectivity index (χ0v) is 27.4. The Morgan fingerprint density at radius 3 is 1.12 bits per heavy atom. The maximum Gasteiger partial charge on any atom is 0.238 e. The van der Waals surface area contributed by atoms with Crippen LogP contribution in [0.5, 0.6) is 5.75 Å². The van der Waals surface area contributed by atoms with Gasteiger partial charge in [0.2, 0.25) is 11.8 Å². The number of benzene rings is 2. The van der Waals surface area contributed by atoms with E-state index >= 15 is 0 Å². The van der Waals surface area contributed by atoms with Gasteiger partial charge in [-0.05, 0) is 80.4 Å². The fourth-order valence-corrected chi connectivity index (χ4v) is 5.24. The number of phenols is 1. The first-order valence-electron chi connectivity index (χ1n) is 14.6. The molecule has 0 atom stereocenters. The summed E-state index contributed by atoms with van der Waals surface area (Å²) in [7, 11) is 0. The van der Waals surface area contributed by atoms with Crippen molar-refractivity contribution in [2.24, 2.45) is 0 Å². The lowest BCUT2D eigenvalue weighted by Crippen LogP contribution is -2.41. The fourth-order valence-electron chi connectivity index (χ4n) is 5.24. The van der Waals surface area contributed by atoms with Gasteiger partial charge in [0, 0.05) is 12.8 Å². The van der Waals surface area contributed by atoms with Crippen LogP contribution in [-0.4, -0.2) is 16.9 Å². The molecule has 2 aromatic carbocycles. The summed E-state index contributed by atoms with van der Waals surface area (Å²) in [5.41, 5.74) is 12.6. The Hall–Kier alpha value is -2.82. The van der Waals surface area contributed by atoms with Crippen LogP contribution in [0.4, 0.5) is 0 Å². The Labute approximate surface area is 243 Å². The molecule has 222 valence electrons. The smallest absolute Gasteiger partial charge is 0.238 e. The zero-order chi connectivity index (χ0) is 30.8. The summed E-state index contributed by atoms with van der Waals surface area (Å²) in [6, 6.07) is 8.45. The largest absolute Gasteiger partial charge is 0.507 e. The van der Waals surface area contributed by atoms with Crippen LogP contribution in [0.2, 0.25) is 0 Å². The molecule has 0 aromatic heterocycles. The van der Waals surface area contributed by atoms with E-state index in [1.165, 1.54) is 16.7 Å². The van der Waals surface area contributed by atoms with Crippen LogP contribution in [0.15, 0.2) is 24.3 Å². The fraction of sp³-hybridized carbons (Fsp3) is 0.600. The standard InChI is InChI=1S/C35H54N2O3/c1-22-25(32(2,3)4)18-23(19-26(22)33(5,6)7)14-16-29(38)36-37-30(39)17-15-24-20-27(34(8,9)10)31(40)28(21-24)35(11,12)13/h18-21,40H,14-17H2,1-13H3,(H,36,38)(H,37,39). The number of hydrogen-bond donors (Lipinski definition) is 3. The lowest BCUT2D eigenvalue weighted by Gasteiger charge is -2.30. The van der Waals surface area contributed by atoms with Gasteiger partial charge in [-0.15, -0.1) is 0 Å². The summed E-state index contributed by atoms with van der Waals surface area (Å²) in [6.07, 6.45) is 1.65. The number of nitrogens with one attached hydrogen (secondary N) is 2. The van der Waals surface area contributed by atoms with Crippen LogP contribution in [0, 0.1) is 6.92 Å². The van der Waals surface area contributed by atoms with Gasteiger partial charge in [0.25, 0.3) is 0 Å². The van der Waals surface area contributed by atoms with Crippen LogP contribution < -0.4 is 10.9 Å². The predicted octanol–water partition coefficient (Wildman–Crippen LogP) is 7.60. The lowest BCUT2D eigenvalue weighted by molar-refractivity contribution is -0.128. The summed E-state index contributed by atoms with van der Waals surface area (Å²) in [5.74, 6) is -0.118. The van der Waals surface area contributed by atoms with Gasteiger partial charge in [-0.2, -0.15) is 0 Å². The summed E-state index contributed by atoms with van der Waals surface area (Å²) in [6.45, 7) is 28.0. The number of hydrazine groups is 1. The second-order valence-electron chi connectivity index (χ2n) is 15.5. The molecule has 5 heteroatoms. The molecule has 40 heavy (non-hydrogen) atoms. The molecular formula is C35H54N2O3. The third-order valence-electron chi connectivity index (χ3n) is 7.49. The molecule has 0 bridgehead atoms. The minimum atomic E-state index is -0.239. The highest BCUT2D eigenvalue weighted by Crippen LogP contribution is 2.40. The van der Waals surface area contributed by atoms with Crippen molar-refractivity contribution in [1.29, 1.82) is 0 Å². The number of aryl methyl sites for hydroxylation is 2. The summed E-state index contributed by atoms with van der Waals surface area (Å²) in [5, 5.41) is 10.9. The molecule has 2 amide bonds. The molecule has 0 spiro atoms. The Morgan fingerprint density at radius 1 is 0.575 bits per heavy atom. The third kappa shape index (κ3) is 8.84. The van der Waals surface area contributed by atoms with E-state index in [0.717, 1.165) is 22.3 Å². The van der Waals surface area contributed by atoms with Crippen molar-refractivity contribution in [1.82, 2.24) is 10.9 Å². The molecule has 3 N–H and O–H groups in total. The molecule has 0 aliphatic carbocycles. The van der Waals surface area contributed by atoms with Gasteiger partial charge >= 0.3 is 0 Å². The number of aromatic hydroxyl groups is 1. The molecular weight excluding hydrogens is 496 g/mol. The van der Waals surface area contributed by atoms with Crippen molar-refractivity contribution in [2.75, 3.05) is 0 Å². The van der Waals surface area contributed by atoms with Gasteiger partial charge in [0.05, 0.1) is 0 Å². The molecule has 0 radical (unpaired) electrons. The van der Waals surface area contributed by atoms with Crippen molar-refractivity contribution in [3.63, 3.8) is 0 Å². The quantitative estimate of drug-likeness (QED) is 0.324. The number of amides is 2. The van der Waals surface area contributed by atoms with Crippen LogP contribution in [0.25, 0.3) is 0 Å². The average molecular weight is 551 g/mol. The van der Waals surface area contributed by atoms with E-state index in [1.54, 1.807) is 0 Å². The van der Waals surface area contributed by atoms with E-state index in [9.17, 15) is 14.7 Å². The zero-order valence-electron chi connectivity index (χ0n) is 27.4. The van der Waals surface area contributed by atoms with E-state index in [4.69, 9.17) is 0 Å². The second-order valence-corrected chi connectivity index (χ2v) is 15.5. The van der Waals surface area contributed by atoms with E-state index in [2.05, 4.69) is 113 Å². The minimum Gasteiger partial charge on any atom is -0.507 e. The number of carbonyl (C=O) groups is 2. The van der Waals surface area contributed by atoms with E-state index in [0.29, 0.717) is 25.0 Å². The molecule has 5 nitrogen and oxygen atoms in total. The molecule has 0 fully saturated rings. The first-order valence-corrected chi connectivity index (χ1v) is 14.6. The van der Waals surface area contributed by atoms with Crippen molar-refractivity contribution in [3.8, 4) is 5.75 Å². The third-order valence-corrected chi connectivity index (χ3v) is 7.49.